The van der Waals surface area contributed by atoms with Gasteiger partial charge in [-0.2, -0.15) is 0 Å². The maximum Gasteiger partial charge on any atom is 0.260 e. The molecule has 21 heavy (non-hydrogen) atoms. The summed E-state index contributed by atoms with van der Waals surface area (Å²) in [4.78, 5) is 17.6. The molecule has 0 radical (unpaired) electrons. The number of hydrogen-bond acceptors (Lipinski definition) is 5. The first-order valence-corrected chi connectivity index (χ1v) is 8.33. The Morgan fingerprint density at radius 1 is 1.52 bits per heavy atom. The lowest BCUT2D eigenvalue weighted by molar-refractivity contribution is -0.131. The van der Waals surface area contributed by atoms with E-state index in [1.807, 2.05) is 7.05 Å². The predicted octanol–water partition coefficient (Wildman–Crippen LogP) is -1.09. The summed E-state index contributed by atoms with van der Waals surface area (Å²) in [5.74, 6) is -0.213. The number of carbonyl (C=O) groups is 1. The van der Waals surface area contributed by atoms with E-state index in [2.05, 4.69) is 15.0 Å². The third-order valence-corrected chi connectivity index (χ3v) is 4.84. The Balaban J connectivity index is 1.91. The highest BCUT2D eigenvalue weighted by atomic mass is 32.2. The second-order valence-corrected chi connectivity index (χ2v) is 6.88. The summed E-state index contributed by atoms with van der Waals surface area (Å²) in [6, 6.07) is 0.273. The molecule has 1 aliphatic rings. The molecule has 1 aliphatic heterocycles. The Morgan fingerprint density at radius 3 is 2.90 bits per heavy atom. The number of carbonyl (C=O) groups excluding carboxylic acids is 1. The molecular weight excluding hydrogens is 294 g/mol. The highest BCUT2D eigenvalue weighted by molar-refractivity contribution is 7.89. The van der Waals surface area contributed by atoms with Crippen molar-refractivity contribution in [3.63, 3.8) is 0 Å². The van der Waals surface area contributed by atoms with Gasteiger partial charge in [0.1, 0.15) is 0 Å². The fourth-order valence-electron chi connectivity index (χ4n) is 2.31. The number of likely N-dealkylation sites (tertiary alicyclic amines) is 1. The smallest absolute Gasteiger partial charge is 0.260 e. The molecular formula is C12H21N5O3S. The van der Waals surface area contributed by atoms with E-state index in [9.17, 15) is 13.2 Å². The largest absolute Gasteiger partial charge is 0.340 e. The van der Waals surface area contributed by atoms with Crippen LogP contribution in [-0.2, 0) is 21.9 Å². The van der Waals surface area contributed by atoms with E-state index in [0.29, 0.717) is 13.1 Å². The van der Waals surface area contributed by atoms with Crippen LogP contribution in [0.3, 0.4) is 0 Å². The number of amides is 1. The van der Waals surface area contributed by atoms with Crippen molar-refractivity contribution in [2.45, 2.75) is 23.9 Å². The molecule has 9 heteroatoms. The summed E-state index contributed by atoms with van der Waals surface area (Å²) in [6.45, 7) is 1.04. The molecule has 1 aromatic heterocycles. The SMILES string of the molecule is CNC1CCCN(C(=O)CNS(=O)(=O)c2cn(C)cn2)C1. The zero-order chi connectivity index (χ0) is 15.5. The van der Waals surface area contributed by atoms with Gasteiger partial charge in [0.2, 0.25) is 5.91 Å². The maximum absolute atomic E-state index is 12.1. The summed E-state index contributed by atoms with van der Waals surface area (Å²) in [5, 5.41) is 3.07. The van der Waals surface area contributed by atoms with Gasteiger partial charge in [-0.15, -0.1) is 0 Å². The normalized spacial score (nSPS) is 19.7. The first-order valence-electron chi connectivity index (χ1n) is 6.85. The van der Waals surface area contributed by atoms with E-state index in [1.165, 1.54) is 12.5 Å². The Morgan fingerprint density at radius 2 is 2.29 bits per heavy atom. The zero-order valence-corrected chi connectivity index (χ0v) is 13.1. The molecule has 0 aromatic carbocycles. The van der Waals surface area contributed by atoms with Crippen molar-refractivity contribution in [3.05, 3.63) is 12.5 Å². The number of aromatic nitrogens is 2. The molecule has 2 N–H and O–H groups in total. The molecule has 1 saturated heterocycles. The molecule has 0 bridgehead atoms. The van der Waals surface area contributed by atoms with E-state index < -0.39 is 10.0 Å². The number of aryl methyl sites for hydroxylation is 1. The molecule has 0 aliphatic carbocycles. The predicted molar refractivity (Wildman–Crippen MR) is 77.1 cm³/mol. The lowest BCUT2D eigenvalue weighted by Crippen LogP contribution is -2.49. The fourth-order valence-corrected chi connectivity index (χ4v) is 3.26. The summed E-state index contributed by atoms with van der Waals surface area (Å²) in [6.07, 6.45) is 4.74. The third kappa shape index (κ3) is 4.02. The first-order chi connectivity index (χ1) is 9.92. The van der Waals surface area contributed by atoms with Crippen molar-refractivity contribution in [1.29, 1.82) is 0 Å². The van der Waals surface area contributed by atoms with Gasteiger partial charge in [0, 0.05) is 32.4 Å². The molecule has 2 heterocycles. The zero-order valence-electron chi connectivity index (χ0n) is 12.2. The molecule has 0 spiro atoms. The quantitative estimate of drug-likeness (QED) is 0.720. The van der Waals surface area contributed by atoms with Crippen LogP contribution in [0.4, 0.5) is 0 Å². The standard InChI is InChI=1S/C12H21N5O3S/c1-13-10-4-3-5-17(7-10)12(18)6-15-21(19,20)11-8-16(2)9-14-11/h8-10,13,15H,3-7H2,1-2H3. The van der Waals surface area contributed by atoms with Gasteiger partial charge in [0.15, 0.2) is 5.03 Å². The lowest BCUT2D eigenvalue weighted by Gasteiger charge is -2.32. The number of sulfonamides is 1. The Hall–Kier alpha value is -1.45. The van der Waals surface area contributed by atoms with E-state index in [4.69, 9.17) is 0 Å². The van der Waals surface area contributed by atoms with Crippen molar-refractivity contribution < 1.29 is 13.2 Å². The Kier molecular flexibility index (Phi) is 4.96. The monoisotopic (exact) mass is 315 g/mol. The third-order valence-electron chi connectivity index (χ3n) is 3.55. The number of rotatable bonds is 5. The topological polar surface area (TPSA) is 96.3 Å². The molecule has 1 atom stereocenters. The number of likely N-dealkylation sites (N-methyl/N-ethyl adjacent to an activating group) is 1. The molecule has 1 fully saturated rings. The van der Waals surface area contributed by atoms with Crippen LogP contribution < -0.4 is 10.0 Å². The molecule has 118 valence electrons. The Labute approximate surface area is 124 Å². The van der Waals surface area contributed by atoms with Crippen LogP contribution in [0.5, 0.6) is 0 Å². The van der Waals surface area contributed by atoms with Gasteiger partial charge in [-0.1, -0.05) is 0 Å². The van der Waals surface area contributed by atoms with Crippen molar-refractivity contribution in [2.24, 2.45) is 7.05 Å². The van der Waals surface area contributed by atoms with Crippen molar-refractivity contribution in [3.8, 4) is 0 Å². The van der Waals surface area contributed by atoms with Crippen LogP contribution >= 0.6 is 0 Å². The van der Waals surface area contributed by atoms with Gasteiger partial charge in [0.25, 0.3) is 10.0 Å². The number of nitrogens with one attached hydrogen (secondary N) is 2. The van der Waals surface area contributed by atoms with Gasteiger partial charge in [-0.25, -0.2) is 18.1 Å². The maximum atomic E-state index is 12.1. The fraction of sp³-hybridized carbons (Fsp3) is 0.667. The average molecular weight is 315 g/mol. The van der Waals surface area contributed by atoms with E-state index in [1.54, 1.807) is 16.5 Å². The van der Waals surface area contributed by atoms with Crippen LogP contribution in [0.25, 0.3) is 0 Å². The lowest BCUT2D eigenvalue weighted by atomic mass is 10.1. The summed E-state index contributed by atoms with van der Waals surface area (Å²) < 4.78 is 27.8. The number of imidazole rings is 1. The molecule has 1 unspecified atom stereocenters. The number of hydrogen-bond donors (Lipinski definition) is 2. The molecule has 1 aromatic rings. The minimum atomic E-state index is -3.74. The summed E-state index contributed by atoms with van der Waals surface area (Å²) in [5.41, 5.74) is 0. The van der Waals surface area contributed by atoms with Crippen LogP contribution in [0.15, 0.2) is 17.6 Å². The highest BCUT2D eigenvalue weighted by Crippen LogP contribution is 2.10. The van der Waals surface area contributed by atoms with Gasteiger partial charge in [-0.3, -0.25) is 4.79 Å². The minimum absolute atomic E-state index is 0.0791. The van der Waals surface area contributed by atoms with Crippen molar-refractivity contribution in [2.75, 3.05) is 26.7 Å². The van der Waals surface area contributed by atoms with Crippen LogP contribution in [0.2, 0.25) is 0 Å². The van der Waals surface area contributed by atoms with E-state index in [-0.39, 0.29) is 23.5 Å². The van der Waals surface area contributed by atoms with Gasteiger partial charge < -0.3 is 14.8 Å². The molecule has 0 saturated carbocycles. The number of nitrogens with zero attached hydrogens (tertiary/aromatic N) is 3. The highest BCUT2D eigenvalue weighted by Gasteiger charge is 2.24. The molecule has 1 amide bonds. The molecule has 2 rings (SSSR count). The summed E-state index contributed by atoms with van der Waals surface area (Å²) in [7, 11) is -0.190. The first kappa shape index (κ1) is 15.9. The van der Waals surface area contributed by atoms with Crippen molar-refractivity contribution in [1.82, 2.24) is 24.5 Å². The average Bonchev–Trinajstić information content (AvgIpc) is 2.92. The molecule has 8 nitrogen and oxygen atoms in total. The number of piperidine rings is 1. The van der Waals surface area contributed by atoms with Crippen LogP contribution in [-0.4, -0.2) is 61.5 Å². The van der Waals surface area contributed by atoms with Crippen molar-refractivity contribution >= 4 is 15.9 Å². The van der Waals surface area contributed by atoms with E-state index >= 15 is 0 Å². The Bertz CT molecular complexity index is 598. The van der Waals surface area contributed by atoms with Crippen LogP contribution in [0, 0.1) is 0 Å². The van der Waals surface area contributed by atoms with Crippen LogP contribution in [0.1, 0.15) is 12.8 Å². The van der Waals surface area contributed by atoms with Gasteiger partial charge >= 0.3 is 0 Å². The minimum Gasteiger partial charge on any atom is -0.340 e. The van der Waals surface area contributed by atoms with E-state index in [0.717, 1.165) is 12.8 Å². The second kappa shape index (κ2) is 6.54. The van der Waals surface area contributed by atoms with Gasteiger partial charge in [0.05, 0.1) is 12.9 Å². The summed E-state index contributed by atoms with van der Waals surface area (Å²) >= 11 is 0. The second-order valence-electron chi connectivity index (χ2n) is 5.17. The van der Waals surface area contributed by atoms with Gasteiger partial charge in [-0.05, 0) is 19.9 Å².